The number of aryl methyl sites for hydroxylation is 1. The molecule has 1 atom stereocenters. The molecule has 0 N–H and O–H groups in total. The molecular formula is C13H13INO+. The molecule has 0 spiro atoms. The summed E-state index contributed by atoms with van der Waals surface area (Å²) in [7, 11) is 0. The van der Waals surface area contributed by atoms with Gasteiger partial charge in [0.25, 0.3) is 0 Å². The van der Waals surface area contributed by atoms with E-state index in [1.807, 2.05) is 0 Å². The fourth-order valence-corrected chi connectivity index (χ4v) is 2.74. The van der Waals surface area contributed by atoms with Crippen LogP contribution in [0.4, 0.5) is 0 Å². The number of hydrogen-bond acceptors (Lipinski definition) is 1. The van der Waals surface area contributed by atoms with Gasteiger partial charge in [-0.3, -0.25) is 0 Å². The van der Waals surface area contributed by atoms with Crippen molar-refractivity contribution in [3.8, 4) is 5.88 Å². The summed E-state index contributed by atoms with van der Waals surface area (Å²) in [6.45, 7) is 3.11. The fourth-order valence-electron chi connectivity index (χ4n) is 2.28. The van der Waals surface area contributed by atoms with Crippen molar-refractivity contribution in [2.45, 2.75) is 19.6 Å². The van der Waals surface area contributed by atoms with Crippen molar-refractivity contribution in [1.82, 2.24) is 0 Å². The average Bonchev–Trinajstić information content (AvgIpc) is 2.72. The third-order valence-corrected chi connectivity index (χ3v) is 4.05. The number of aromatic nitrogens is 1. The molecule has 2 aromatic rings. The van der Waals surface area contributed by atoms with Crippen LogP contribution in [0.15, 0.2) is 30.3 Å². The molecule has 1 aliphatic heterocycles. The third-order valence-electron chi connectivity index (χ3n) is 3.07. The van der Waals surface area contributed by atoms with Crippen LogP contribution >= 0.6 is 22.6 Å². The van der Waals surface area contributed by atoms with E-state index in [1.165, 1.54) is 16.5 Å². The standard InChI is InChI=1S/C13H13INO/c1-9-6-13-15(8-10(7-14)16-13)12-5-3-2-4-11(9)12/h2-6,10H,7-8H2,1H3/q+1/t10-/m1/s1. The lowest BCUT2D eigenvalue weighted by Crippen LogP contribution is -2.34. The number of hydrogen-bond donors (Lipinski definition) is 0. The highest BCUT2D eigenvalue weighted by Crippen LogP contribution is 2.24. The van der Waals surface area contributed by atoms with Crippen molar-refractivity contribution >= 4 is 33.5 Å². The van der Waals surface area contributed by atoms with E-state index in [9.17, 15) is 0 Å². The Balaban J connectivity index is 2.26. The van der Waals surface area contributed by atoms with Gasteiger partial charge in [-0.05, 0) is 18.6 Å². The summed E-state index contributed by atoms with van der Waals surface area (Å²) in [6.07, 6.45) is 0.325. The zero-order chi connectivity index (χ0) is 11.1. The lowest BCUT2D eigenvalue weighted by Gasteiger charge is -2.00. The summed E-state index contributed by atoms with van der Waals surface area (Å²) in [4.78, 5) is 0. The van der Waals surface area contributed by atoms with Crippen LogP contribution in [0, 0.1) is 6.92 Å². The van der Waals surface area contributed by atoms with Crippen molar-refractivity contribution in [1.29, 1.82) is 0 Å². The van der Waals surface area contributed by atoms with Crippen LogP contribution in [0.1, 0.15) is 5.56 Å². The van der Waals surface area contributed by atoms with Crippen LogP contribution in [0.25, 0.3) is 10.9 Å². The van der Waals surface area contributed by atoms with E-state index < -0.39 is 0 Å². The molecule has 0 amide bonds. The van der Waals surface area contributed by atoms with E-state index in [0.29, 0.717) is 6.10 Å². The zero-order valence-corrected chi connectivity index (χ0v) is 11.3. The monoisotopic (exact) mass is 326 g/mol. The molecule has 0 saturated heterocycles. The van der Waals surface area contributed by atoms with Gasteiger partial charge in [-0.25, -0.2) is 0 Å². The smallest absolute Gasteiger partial charge is 0.369 e. The fraction of sp³-hybridized carbons (Fsp3) is 0.308. The summed E-state index contributed by atoms with van der Waals surface area (Å²) >= 11 is 2.38. The summed E-state index contributed by atoms with van der Waals surface area (Å²) in [6, 6.07) is 10.7. The van der Waals surface area contributed by atoms with Crippen LogP contribution in [-0.4, -0.2) is 10.5 Å². The van der Waals surface area contributed by atoms with Gasteiger partial charge < -0.3 is 4.74 Å². The molecule has 1 aliphatic rings. The molecule has 2 heterocycles. The molecule has 1 aromatic carbocycles. The number of pyridine rings is 1. The molecule has 0 saturated carbocycles. The second-order valence-electron chi connectivity index (χ2n) is 4.19. The minimum Gasteiger partial charge on any atom is -0.433 e. The summed E-state index contributed by atoms with van der Waals surface area (Å²) in [5.74, 6) is 1.01. The van der Waals surface area contributed by atoms with Crippen molar-refractivity contribution in [3.05, 3.63) is 35.9 Å². The Hall–Kier alpha value is -0.840. The SMILES string of the molecule is Cc1cc2[n+](c3ccccc13)C[C@@H](CI)O2. The number of halogens is 1. The number of fused-ring (bicyclic) bond motifs is 3. The molecule has 16 heavy (non-hydrogen) atoms. The maximum absolute atomic E-state index is 5.90. The van der Waals surface area contributed by atoms with Gasteiger partial charge in [0.05, 0.1) is 6.07 Å². The number of rotatable bonds is 1. The second kappa shape index (κ2) is 3.87. The zero-order valence-electron chi connectivity index (χ0n) is 9.11. The van der Waals surface area contributed by atoms with E-state index in [0.717, 1.165) is 16.9 Å². The predicted molar refractivity (Wildman–Crippen MR) is 72.2 cm³/mol. The molecule has 82 valence electrons. The Morgan fingerprint density at radius 3 is 3.06 bits per heavy atom. The molecule has 2 nitrogen and oxygen atoms in total. The van der Waals surface area contributed by atoms with E-state index in [2.05, 4.69) is 64.4 Å². The van der Waals surface area contributed by atoms with E-state index in [-0.39, 0.29) is 0 Å². The van der Waals surface area contributed by atoms with Crippen molar-refractivity contribution in [3.63, 3.8) is 0 Å². The Morgan fingerprint density at radius 1 is 1.44 bits per heavy atom. The summed E-state index contributed by atoms with van der Waals surface area (Å²) in [5, 5.41) is 1.32. The van der Waals surface area contributed by atoms with Gasteiger partial charge in [-0.2, -0.15) is 4.57 Å². The summed E-state index contributed by atoms with van der Waals surface area (Å²) < 4.78 is 9.22. The molecule has 3 heteroatoms. The lowest BCUT2D eigenvalue weighted by molar-refractivity contribution is -0.655. The number of ether oxygens (including phenoxy) is 1. The Morgan fingerprint density at radius 2 is 2.25 bits per heavy atom. The van der Waals surface area contributed by atoms with Crippen LogP contribution in [0.3, 0.4) is 0 Å². The van der Waals surface area contributed by atoms with Gasteiger partial charge in [-0.15, -0.1) is 0 Å². The highest BCUT2D eigenvalue weighted by atomic mass is 127. The molecule has 0 unspecified atom stereocenters. The first-order valence-electron chi connectivity index (χ1n) is 5.44. The average molecular weight is 326 g/mol. The number of para-hydroxylation sites is 1. The van der Waals surface area contributed by atoms with Crippen molar-refractivity contribution in [2.75, 3.05) is 4.43 Å². The maximum Gasteiger partial charge on any atom is 0.369 e. The van der Waals surface area contributed by atoms with E-state index >= 15 is 0 Å². The minimum absolute atomic E-state index is 0.325. The molecule has 0 fully saturated rings. The first-order chi connectivity index (χ1) is 7.79. The lowest BCUT2D eigenvalue weighted by atomic mass is 10.1. The molecule has 0 radical (unpaired) electrons. The largest absolute Gasteiger partial charge is 0.433 e. The first-order valence-corrected chi connectivity index (χ1v) is 6.97. The van der Waals surface area contributed by atoms with Crippen LogP contribution in [0.2, 0.25) is 0 Å². The minimum atomic E-state index is 0.325. The molecule has 0 bridgehead atoms. The first kappa shape index (κ1) is 10.3. The topological polar surface area (TPSA) is 13.1 Å². The number of benzene rings is 1. The van der Waals surface area contributed by atoms with Gasteiger partial charge in [0, 0.05) is 15.9 Å². The second-order valence-corrected chi connectivity index (χ2v) is 5.07. The van der Waals surface area contributed by atoms with Crippen molar-refractivity contribution < 1.29 is 9.30 Å². The highest BCUT2D eigenvalue weighted by molar-refractivity contribution is 14.1. The van der Waals surface area contributed by atoms with Gasteiger partial charge in [0.1, 0.15) is 0 Å². The van der Waals surface area contributed by atoms with Crippen LogP contribution < -0.4 is 9.30 Å². The maximum atomic E-state index is 5.90. The quantitative estimate of drug-likeness (QED) is 0.446. The van der Waals surface area contributed by atoms with Gasteiger partial charge in [0.2, 0.25) is 5.52 Å². The normalized spacial score (nSPS) is 18.5. The van der Waals surface area contributed by atoms with E-state index in [4.69, 9.17) is 4.74 Å². The van der Waals surface area contributed by atoms with Gasteiger partial charge in [0.15, 0.2) is 12.6 Å². The van der Waals surface area contributed by atoms with E-state index in [1.54, 1.807) is 0 Å². The molecular weight excluding hydrogens is 313 g/mol. The van der Waals surface area contributed by atoms with Crippen LogP contribution in [-0.2, 0) is 6.54 Å². The number of alkyl halides is 1. The van der Waals surface area contributed by atoms with Gasteiger partial charge >= 0.3 is 5.88 Å². The summed E-state index contributed by atoms with van der Waals surface area (Å²) in [5.41, 5.74) is 2.57. The molecule has 1 aromatic heterocycles. The predicted octanol–water partition coefficient (Wildman–Crippen LogP) is 2.63. The molecule has 3 rings (SSSR count). The Kier molecular flexibility index (Phi) is 2.50. The Bertz CT molecular complexity index is 553. The Labute approximate surface area is 108 Å². The molecule has 0 aliphatic carbocycles. The number of nitrogens with zero attached hydrogens (tertiary/aromatic N) is 1. The van der Waals surface area contributed by atoms with Gasteiger partial charge in [-0.1, -0.05) is 34.7 Å². The van der Waals surface area contributed by atoms with Crippen LogP contribution in [0.5, 0.6) is 5.88 Å². The van der Waals surface area contributed by atoms with Crippen molar-refractivity contribution in [2.24, 2.45) is 0 Å². The highest BCUT2D eigenvalue weighted by Gasteiger charge is 2.31. The third kappa shape index (κ3) is 1.49.